The lowest BCUT2D eigenvalue weighted by atomic mass is 10.00. The molecule has 3 heterocycles. The van der Waals surface area contributed by atoms with Gasteiger partial charge in [0.15, 0.2) is 11.4 Å². The molecule has 2 N–H and O–H groups in total. The van der Waals surface area contributed by atoms with E-state index < -0.39 is 5.54 Å². The van der Waals surface area contributed by atoms with Gasteiger partial charge >= 0.3 is 0 Å². The quantitative estimate of drug-likeness (QED) is 0.304. The molecule has 3 aromatic heterocycles. The molecule has 0 aliphatic heterocycles. The minimum atomic E-state index is -0.478. The number of nitrogens with zero attached hydrogens (tertiary/aromatic N) is 4. The predicted octanol–water partition coefficient (Wildman–Crippen LogP) is 5.64. The normalized spacial score (nSPS) is 14.1. The van der Waals surface area contributed by atoms with Crippen LogP contribution in [0.1, 0.15) is 59.8 Å². The Morgan fingerprint density at radius 1 is 1.18 bits per heavy atom. The molecule has 0 radical (unpaired) electrons. The Morgan fingerprint density at radius 3 is 2.63 bits per heavy atom. The molecule has 2 aromatic carbocycles. The SMILES string of the molecule is [C-]#[N+]c1ccc(C2(NC(=O)c3nn4cc(-c5cnc6cccc(C)c6c5)[nH]c(=O)c4c3C(C)C)CC2)cc1. The Balaban J connectivity index is 1.41. The van der Waals surface area contributed by atoms with Crippen LogP contribution >= 0.6 is 0 Å². The molecule has 0 unspecified atom stereocenters. The maximum atomic E-state index is 13.6. The van der Waals surface area contributed by atoms with E-state index in [1.165, 1.54) is 4.52 Å². The van der Waals surface area contributed by atoms with E-state index >= 15 is 0 Å². The summed E-state index contributed by atoms with van der Waals surface area (Å²) in [6.45, 7) is 13.1. The smallest absolute Gasteiger partial charge is 0.274 e. The lowest BCUT2D eigenvalue weighted by Crippen LogP contribution is -2.35. The first-order chi connectivity index (χ1) is 18.3. The number of aromatic nitrogens is 4. The fraction of sp³-hybridized carbons (Fsp3) is 0.233. The predicted molar refractivity (Wildman–Crippen MR) is 146 cm³/mol. The minimum Gasteiger partial charge on any atom is -0.341 e. The zero-order valence-corrected chi connectivity index (χ0v) is 21.4. The van der Waals surface area contributed by atoms with Crippen molar-refractivity contribution in [3.8, 4) is 11.3 Å². The molecule has 1 aliphatic rings. The molecule has 38 heavy (non-hydrogen) atoms. The number of amides is 1. The molecular formula is C30H26N6O2. The number of fused-ring (bicyclic) bond motifs is 2. The summed E-state index contributed by atoms with van der Waals surface area (Å²) in [5, 5.41) is 8.80. The van der Waals surface area contributed by atoms with Gasteiger partial charge in [-0.25, -0.2) is 9.36 Å². The van der Waals surface area contributed by atoms with Crippen LogP contribution in [0, 0.1) is 13.5 Å². The van der Waals surface area contributed by atoms with Gasteiger partial charge in [0.2, 0.25) is 0 Å². The number of aromatic amines is 1. The molecule has 188 valence electrons. The number of carbonyl (C=O) groups excluding carboxylic acids is 1. The van der Waals surface area contributed by atoms with Gasteiger partial charge in [0.05, 0.1) is 29.5 Å². The second-order valence-corrected chi connectivity index (χ2v) is 10.3. The lowest BCUT2D eigenvalue weighted by Gasteiger charge is -2.18. The van der Waals surface area contributed by atoms with Crippen molar-refractivity contribution in [1.29, 1.82) is 0 Å². The molecule has 1 saturated carbocycles. The lowest BCUT2D eigenvalue weighted by molar-refractivity contribution is 0.0924. The number of pyridine rings is 1. The summed E-state index contributed by atoms with van der Waals surface area (Å²) in [6.07, 6.45) is 5.09. The van der Waals surface area contributed by atoms with Crippen LogP contribution in [-0.2, 0) is 5.54 Å². The Bertz CT molecular complexity index is 1840. The molecule has 1 amide bonds. The van der Waals surface area contributed by atoms with Crippen LogP contribution in [0.5, 0.6) is 0 Å². The molecule has 8 nitrogen and oxygen atoms in total. The average molecular weight is 503 g/mol. The van der Waals surface area contributed by atoms with Crippen LogP contribution in [0.25, 0.3) is 32.5 Å². The Hall–Kier alpha value is -4.77. The summed E-state index contributed by atoms with van der Waals surface area (Å²) in [5.74, 6) is -0.411. The molecule has 0 atom stereocenters. The summed E-state index contributed by atoms with van der Waals surface area (Å²) < 4.78 is 1.52. The van der Waals surface area contributed by atoms with Gasteiger partial charge in [0.1, 0.15) is 5.52 Å². The first-order valence-corrected chi connectivity index (χ1v) is 12.6. The van der Waals surface area contributed by atoms with Crippen LogP contribution < -0.4 is 10.9 Å². The monoisotopic (exact) mass is 502 g/mol. The number of rotatable bonds is 5. The van der Waals surface area contributed by atoms with Gasteiger partial charge in [-0.1, -0.05) is 50.2 Å². The van der Waals surface area contributed by atoms with Crippen LogP contribution in [-0.4, -0.2) is 25.5 Å². The van der Waals surface area contributed by atoms with Gasteiger partial charge in [0, 0.05) is 22.7 Å². The van der Waals surface area contributed by atoms with Gasteiger partial charge in [-0.2, -0.15) is 5.10 Å². The van der Waals surface area contributed by atoms with Crippen LogP contribution in [0.3, 0.4) is 0 Å². The van der Waals surface area contributed by atoms with Crippen molar-refractivity contribution >= 4 is 28.0 Å². The first-order valence-electron chi connectivity index (χ1n) is 12.6. The Morgan fingerprint density at radius 2 is 1.95 bits per heavy atom. The number of hydrogen-bond acceptors (Lipinski definition) is 4. The van der Waals surface area contributed by atoms with Crippen molar-refractivity contribution in [2.75, 3.05) is 0 Å². The van der Waals surface area contributed by atoms with E-state index in [1.807, 2.05) is 57.2 Å². The molecule has 8 heteroatoms. The van der Waals surface area contributed by atoms with Crippen molar-refractivity contribution in [3.05, 3.63) is 105 Å². The van der Waals surface area contributed by atoms with Crippen LogP contribution in [0.2, 0.25) is 0 Å². The van der Waals surface area contributed by atoms with E-state index in [-0.39, 0.29) is 23.1 Å². The van der Waals surface area contributed by atoms with Gasteiger partial charge in [-0.3, -0.25) is 14.6 Å². The molecule has 1 fully saturated rings. The van der Waals surface area contributed by atoms with E-state index in [2.05, 4.69) is 25.2 Å². The second-order valence-electron chi connectivity index (χ2n) is 10.3. The highest BCUT2D eigenvalue weighted by Crippen LogP contribution is 2.46. The number of H-pyrrole nitrogens is 1. The highest BCUT2D eigenvalue weighted by molar-refractivity contribution is 5.97. The fourth-order valence-electron chi connectivity index (χ4n) is 5.15. The number of benzene rings is 2. The third-order valence-electron chi connectivity index (χ3n) is 7.36. The zero-order valence-electron chi connectivity index (χ0n) is 21.4. The minimum absolute atomic E-state index is 0.0988. The van der Waals surface area contributed by atoms with Crippen LogP contribution in [0.4, 0.5) is 5.69 Å². The van der Waals surface area contributed by atoms with Crippen molar-refractivity contribution in [2.45, 2.75) is 45.1 Å². The number of hydrogen-bond donors (Lipinski definition) is 2. The van der Waals surface area contributed by atoms with E-state index in [4.69, 9.17) is 6.57 Å². The molecule has 0 spiro atoms. The van der Waals surface area contributed by atoms with E-state index in [0.717, 1.165) is 40.4 Å². The number of carbonyl (C=O) groups is 1. The number of aryl methyl sites for hydroxylation is 1. The van der Waals surface area contributed by atoms with Crippen molar-refractivity contribution in [1.82, 2.24) is 24.9 Å². The zero-order chi connectivity index (χ0) is 26.6. The first kappa shape index (κ1) is 23.6. The summed E-state index contributed by atoms with van der Waals surface area (Å²) in [4.78, 5) is 37.9. The van der Waals surface area contributed by atoms with Gasteiger partial charge < -0.3 is 10.3 Å². The fourth-order valence-corrected chi connectivity index (χ4v) is 5.15. The maximum absolute atomic E-state index is 13.6. The highest BCUT2D eigenvalue weighted by atomic mass is 16.2. The van der Waals surface area contributed by atoms with E-state index in [0.29, 0.717) is 22.5 Å². The maximum Gasteiger partial charge on any atom is 0.274 e. The molecule has 5 aromatic rings. The van der Waals surface area contributed by atoms with Crippen LogP contribution in [0.15, 0.2) is 65.7 Å². The van der Waals surface area contributed by atoms with Crippen molar-refractivity contribution in [2.24, 2.45) is 0 Å². The largest absolute Gasteiger partial charge is 0.341 e. The third-order valence-corrected chi connectivity index (χ3v) is 7.36. The summed E-state index contributed by atoms with van der Waals surface area (Å²) in [7, 11) is 0. The molecule has 0 saturated heterocycles. The topological polar surface area (TPSA) is 96.5 Å². The standard InChI is InChI=1S/C30H26N6O2/c1-17(2)25-26(28(37)34-30(12-13-30)20-8-10-21(31-4)11-9-20)35-36-16-24(33-29(38)27(25)36)19-14-22-18(3)6-5-7-23(22)32-15-19/h5-11,14-17H,12-13H2,1-3H3,(H,33,38)(H,34,37). The van der Waals surface area contributed by atoms with Crippen molar-refractivity contribution in [3.63, 3.8) is 0 Å². The summed E-state index contributed by atoms with van der Waals surface area (Å²) >= 11 is 0. The molecule has 6 rings (SSSR count). The van der Waals surface area contributed by atoms with Gasteiger partial charge in [0.25, 0.3) is 11.5 Å². The van der Waals surface area contributed by atoms with Gasteiger partial charge in [-0.05, 0) is 48.9 Å². The van der Waals surface area contributed by atoms with Crippen molar-refractivity contribution < 1.29 is 4.79 Å². The van der Waals surface area contributed by atoms with E-state index in [9.17, 15) is 9.59 Å². The number of nitrogens with one attached hydrogen (secondary N) is 2. The van der Waals surface area contributed by atoms with Gasteiger partial charge in [-0.15, -0.1) is 0 Å². The summed E-state index contributed by atoms with van der Waals surface area (Å²) in [5.41, 5.74) is 5.28. The molecule has 0 bridgehead atoms. The second kappa shape index (κ2) is 8.67. The molecular weight excluding hydrogens is 476 g/mol. The highest BCUT2D eigenvalue weighted by Gasteiger charge is 2.46. The Kier molecular flexibility index (Phi) is 5.39. The Labute approximate surface area is 219 Å². The third kappa shape index (κ3) is 3.84. The summed E-state index contributed by atoms with van der Waals surface area (Å²) in [6, 6.07) is 15.3. The average Bonchev–Trinajstić information content (AvgIpc) is 3.58. The molecule has 1 aliphatic carbocycles. The van der Waals surface area contributed by atoms with E-state index in [1.54, 1.807) is 24.5 Å².